The van der Waals surface area contributed by atoms with Gasteiger partial charge in [-0.2, -0.15) is 0 Å². The highest BCUT2D eigenvalue weighted by atomic mass is 16.1. The minimum Gasteiger partial charge on any atom is -0.369 e. The number of aromatic nitrogens is 1. The van der Waals surface area contributed by atoms with E-state index in [1.54, 1.807) is 0 Å². The van der Waals surface area contributed by atoms with Gasteiger partial charge >= 0.3 is 0 Å². The number of aryl methyl sites for hydroxylation is 2. The molecule has 2 heterocycles. The van der Waals surface area contributed by atoms with Gasteiger partial charge in [-0.3, -0.25) is 9.69 Å². The molecule has 1 aromatic heterocycles. The van der Waals surface area contributed by atoms with Crippen LogP contribution < -0.4 is 4.90 Å². The summed E-state index contributed by atoms with van der Waals surface area (Å²) in [6.07, 6.45) is 0. The van der Waals surface area contributed by atoms with E-state index < -0.39 is 0 Å². The molecule has 0 atom stereocenters. The number of hydrogen-bond donors (Lipinski definition) is 1. The van der Waals surface area contributed by atoms with Gasteiger partial charge in [0.15, 0.2) is 5.78 Å². The molecule has 134 valence electrons. The lowest BCUT2D eigenvalue weighted by molar-refractivity contribution is 0.0927. The molecule has 3 aromatic rings. The van der Waals surface area contributed by atoms with Crippen LogP contribution in [0, 0.1) is 13.8 Å². The fourth-order valence-electron chi connectivity index (χ4n) is 3.91. The zero-order valence-electron chi connectivity index (χ0n) is 15.5. The van der Waals surface area contributed by atoms with Gasteiger partial charge in [-0.05, 0) is 37.6 Å². The van der Waals surface area contributed by atoms with E-state index in [1.807, 2.05) is 31.2 Å². The fourth-order valence-corrected chi connectivity index (χ4v) is 3.91. The number of anilines is 1. The standard InChI is InChI=1S/C22H25N3O/c1-16-6-5-7-18(14-16)25-12-10-24(11-13-25)15-21(26)22-17(2)23-20-9-4-3-8-19(20)22/h3-9,14,23H,10-13,15H2,1-2H3. The third kappa shape index (κ3) is 3.25. The molecule has 0 unspecified atom stereocenters. The number of fused-ring (bicyclic) bond motifs is 1. The van der Waals surface area contributed by atoms with Gasteiger partial charge in [0.05, 0.1) is 6.54 Å². The van der Waals surface area contributed by atoms with Crippen molar-refractivity contribution in [3.8, 4) is 0 Å². The number of ketones is 1. The number of Topliss-reactive ketones (excluding diaryl/α,β-unsaturated/α-hetero) is 1. The second kappa shape index (κ2) is 6.96. The van der Waals surface area contributed by atoms with Crippen LogP contribution in [0.4, 0.5) is 5.69 Å². The predicted octanol–water partition coefficient (Wildman–Crippen LogP) is 3.79. The SMILES string of the molecule is Cc1cccc(N2CCN(CC(=O)c3c(C)[nH]c4ccccc34)CC2)c1. The quantitative estimate of drug-likeness (QED) is 0.730. The van der Waals surface area contributed by atoms with E-state index in [0.29, 0.717) is 6.54 Å². The Balaban J connectivity index is 1.42. The number of piperazine rings is 1. The number of carbonyl (C=O) groups excluding carboxylic acids is 1. The molecular weight excluding hydrogens is 322 g/mol. The van der Waals surface area contributed by atoms with Gasteiger partial charge < -0.3 is 9.88 Å². The number of nitrogens with one attached hydrogen (secondary N) is 1. The molecule has 4 heteroatoms. The monoisotopic (exact) mass is 347 g/mol. The average Bonchev–Trinajstić information content (AvgIpc) is 2.98. The maximum absolute atomic E-state index is 12.9. The first-order chi connectivity index (χ1) is 12.6. The molecule has 2 aromatic carbocycles. The van der Waals surface area contributed by atoms with Crippen LogP contribution in [0.15, 0.2) is 48.5 Å². The van der Waals surface area contributed by atoms with E-state index in [9.17, 15) is 4.79 Å². The Morgan fingerprint density at radius 1 is 1.00 bits per heavy atom. The van der Waals surface area contributed by atoms with Gasteiger partial charge in [0.25, 0.3) is 0 Å². The van der Waals surface area contributed by atoms with E-state index in [1.165, 1.54) is 11.3 Å². The third-order valence-electron chi connectivity index (χ3n) is 5.28. The molecule has 1 saturated heterocycles. The van der Waals surface area contributed by atoms with E-state index in [2.05, 4.69) is 46.0 Å². The molecule has 0 radical (unpaired) electrons. The Bertz CT molecular complexity index is 935. The predicted molar refractivity (Wildman–Crippen MR) is 107 cm³/mol. The first-order valence-electron chi connectivity index (χ1n) is 9.26. The number of rotatable bonds is 4. The molecule has 26 heavy (non-hydrogen) atoms. The molecular formula is C22H25N3O. The minimum absolute atomic E-state index is 0.212. The van der Waals surface area contributed by atoms with Gasteiger partial charge in [0.2, 0.25) is 0 Å². The summed E-state index contributed by atoms with van der Waals surface area (Å²) in [4.78, 5) is 20.9. The Morgan fingerprint density at radius 3 is 2.54 bits per heavy atom. The zero-order valence-corrected chi connectivity index (χ0v) is 15.5. The molecule has 1 N–H and O–H groups in total. The van der Waals surface area contributed by atoms with E-state index in [-0.39, 0.29) is 5.78 Å². The van der Waals surface area contributed by atoms with Crippen LogP contribution in [0.3, 0.4) is 0 Å². The van der Waals surface area contributed by atoms with Crippen molar-refractivity contribution in [2.75, 3.05) is 37.6 Å². The minimum atomic E-state index is 0.212. The highest BCUT2D eigenvalue weighted by Gasteiger charge is 2.22. The lowest BCUT2D eigenvalue weighted by Crippen LogP contribution is -2.48. The summed E-state index contributed by atoms with van der Waals surface area (Å²) in [6, 6.07) is 16.7. The fraction of sp³-hybridized carbons (Fsp3) is 0.318. The largest absolute Gasteiger partial charge is 0.369 e. The number of H-pyrrole nitrogens is 1. The summed E-state index contributed by atoms with van der Waals surface area (Å²) in [7, 11) is 0. The molecule has 0 amide bonds. The van der Waals surface area contributed by atoms with Crippen LogP contribution in [0.5, 0.6) is 0 Å². The first kappa shape index (κ1) is 16.9. The second-order valence-corrected chi connectivity index (χ2v) is 7.20. The van der Waals surface area contributed by atoms with Crippen LogP contribution in [-0.4, -0.2) is 48.4 Å². The van der Waals surface area contributed by atoms with Crippen molar-refractivity contribution in [3.05, 3.63) is 65.4 Å². The van der Waals surface area contributed by atoms with E-state index in [0.717, 1.165) is 48.3 Å². The molecule has 0 saturated carbocycles. The molecule has 0 spiro atoms. The summed E-state index contributed by atoms with van der Waals surface area (Å²) in [6.45, 7) is 8.37. The van der Waals surface area contributed by atoms with Crippen LogP contribution in [-0.2, 0) is 0 Å². The Hall–Kier alpha value is -2.59. The molecule has 0 bridgehead atoms. The Kier molecular flexibility index (Phi) is 4.51. The highest BCUT2D eigenvalue weighted by Crippen LogP contribution is 2.23. The maximum atomic E-state index is 12.9. The van der Waals surface area contributed by atoms with Gasteiger partial charge in [-0.15, -0.1) is 0 Å². The lowest BCUT2D eigenvalue weighted by atomic mass is 10.1. The number of carbonyl (C=O) groups is 1. The number of aromatic amines is 1. The molecule has 1 aliphatic heterocycles. The van der Waals surface area contributed by atoms with Gasteiger partial charge in [0, 0.05) is 54.0 Å². The third-order valence-corrected chi connectivity index (χ3v) is 5.28. The summed E-state index contributed by atoms with van der Waals surface area (Å²) in [5.41, 5.74) is 5.42. The molecule has 1 fully saturated rings. The van der Waals surface area contributed by atoms with Crippen LogP contribution in [0.25, 0.3) is 10.9 Å². The molecule has 4 rings (SSSR count). The van der Waals surface area contributed by atoms with Crippen molar-refractivity contribution < 1.29 is 4.79 Å². The summed E-state index contributed by atoms with van der Waals surface area (Å²) < 4.78 is 0. The Labute approximate surface area is 154 Å². The van der Waals surface area contributed by atoms with E-state index >= 15 is 0 Å². The molecule has 4 nitrogen and oxygen atoms in total. The summed E-state index contributed by atoms with van der Waals surface area (Å²) >= 11 is 0. The summed E-state index contributed by atoms with van der Waals surface area (Å²) in [5.74, 6) is 0.212. The number of hydrogen-bond acceptors (Lipinski definition) is 3. The second-order valence-electron chi connectivity index (χ2n) is 7.20. The molecule has 0 aliphatic carbocycles. The number of nitrogens with zero attached hydrogens (tertiary/aromatic N) is 2. The van der Waals surface area contributed by atoms with Crippen molar-refractivity contribution in [2.24, 2.45) is 0 Å². The Morgan fingerprint density at radius 2 is 1.77 bits per heavy atom. The van der Waals surface area contributed by atoms with Gasteiger partial charge in [0.1, 0.15) is 0 Å². The molecule has 1 aliphatic rings. The van der Waals surface area contributed by atoms with E-state index in [4.69, 9.17) is 0 Å². The highest BCUT2D eigenvalue weighted by molar-refractivity contribution is 6.10. The van der Waals surface area contributed by atoms with Crippen molar-refractivity contribution in [2.45, 2.75) is 13.8 Å². The average molecular weight is 347 g/mol. The van der Waals surface area contributed by atoms with Gasteiger partial charge in [-0.1, -0.05) is 30.3 Å². The van der Waals surface area contributed by atoms with Crippen molar-refractivity contribution in [3.63, 3.8) is 0 Å². The normalized spacial score (nSPS) is 15.5. The maximum Gasteiger partial charge on any atom is 0.179 e. The smallest absolute Gasteiger partial charge is 0.179 e. The topological polar surface area (TPSA) is 39.3 Å². The van der Waals surface area contributed by atoms with Crippen molar-refractivity contribution >= 4 is 22.4 Å². The van der Waals surface area contributed by atoms with Crippen LogP contribution >= 0.6 is 0 Å². The van der Waals surface area contributed by atoms with Crippen LogP contribution in [0.2, 0.25) is 0 Å². The van der Waals surface area contributed by atoms with Gasteiger partial charge in [-0.25, -0.2) is 0 Å². The number of para-hydroxylation sites is 1. The number of benzene rings is 2. The lowest BCUT2D eigenvalue weighted by Gasteiger charge is -2.35. The first-order valence-corrected chi connectivity index (χ1v) is 9.26. The summed E-state index contributed by atoms with van der Waals surface area (Å²) in [5, 5.41) is 1.04. The zero-order chi connectivity index (χ0) is 18.1. The van der Waals surface area contributed by atoms with Crippen molar-refractivity contribution in [1.82, 2.24) is 9.88 Å². The van der Waals surface area contributed by atoms with Crippen LogP contribution in [0.1, 0.15) is 21.6 Å². The van der Waals surface area contributed by atoms with Crippen molar-refractivity contribution in [1.29, 1.82) is 0 Å².